The Morgan fingerprint density at radius 3 is 2.61 bits per heavy atom. The van der Waals surface area contributed by atoms with Crippen molar-refractivity contribution in [2.75, 3.05) is 0 Å². The fraction of sp³-hybridized carbons (Fsp3) is 0.375. The molecule has 0 fully saturated rings. The van der Waals surface area contributed by atoms with Gasteiger partial charge < -0.3 is 8.94 Å². The van der Waals surface area contributed by atoms with Gasteiger partial charge >= 0.3 is 0 Å². The van der Waals surface area contributed by atoms with Gasteiger partial charge in [0.05, 0.1) is 5.25 Å². The monoisotopic (exact) mass is 330 g/mol. The van der Waals surface area contributed by atoms with E-state index in [1.54, 1.807) is 6.92 Å². The smallest absolute Gasteiger partial charge is 0.277 e. The van der Waals surface area contributed by atoms with Gasteiger partial charge in [-0.15, -0.1) is 10.2 Å². The average Bonchev–Trinajstić information content (AvgIpc) is 3.17. The van der Waals surface area contributed by atoms with E-state index in [0.29, 0.717) is 35.2 Å². The molecule has 3 rings (SSSR count). The molecule has 2 aromatic heterocycles. The van der Waals surface area contributed by atoms with Crippen molar-refractivity contribution in [1.29, 1.82) is 0 Å². The zero-order chi connectivity index (χ0) is 16.2. The van der Waals surface area contributed by atoms with Crippen molar-refractivity contribution < 1.29 is 8.94 Å². The molecule has 2 unspecified atom stereocenters. The van der Waals surface area contributed by atoms with Crippen molar-refractivity contribution >= 4 is 11.8 Å². The summed E-state index contributed by atoms with van der Waals surface area (Å²) in [5.74, 6) is 2.14. The number of aryl methyl sites for hydroxylation is 1. The topological polar surface area (TPSA) is 77.8 Å². The maximum Gasteiger partial charge on any atom is 0.277 e. The van der Waals surface area contributed by atoms with Gasteiger partial charge in [0.25, 0.3) is 5.22 Å². The molecule has 0 bridgehead atoms. The summed E-state index contributed by atoms with van der Waals surface area (Å²) in [6, 6.07) is 10.3. The van der Waals surface area contributed by atoms with Crippen molar-refractivity contribution in [3.05, 3.63) is 53.5 Å². The number of rotatable bonds is 6. The van der Waals surface area contributed by atoms with Gasteiger partial charge in [0.2, 0.25) is 11.8 Å². The largest absolute Gasteiger partial charge is 0.416 e. The van der Waals surface area contributed by atoms with E-state index in [0.717, 1.165) is 0 Å². The summed E-state index contributed by atoms with van der Waals surface area (Å²) in [5, 5.41) is 12.5. The standard InChI is InChI=1S/C16H18N4O2S/c1-10(13-7-5-4-6-8-13)9-14-18-19-16(21-14)23-11(2)15-17-12(3)20-22-15/h4-8,10-11H,9H2,1-3H3. The van der Waals surface area contributed by atoms with Gasteiger partial charge in [-0.3, -0.25) is 0 Å². The Morgan fingerprint density at radius 2 is 1.91 bits per heavy atom. The zero-order valence-electron chi connectivity index (χ0n) is 13.3. The summed E-state index contributed by atoms with van der Waals surface area (Å²) < 4.78 is 10.9. The van der Waals surface area contributed by atoms with E-state index in [4.69, 9.17) is 8.94 Å². The molecule has 0 saturated carbocycles. The van der Waals surface area contributed by atoms with Crippen LogP contribution in [0.2, 0.25) is 0 Å². The quantitative estimate of drug-likeness (QED) is 0.633. The molecule has 0 spiro atoms. The van der Waals surface area contributed by atoms with Crippen LogP contribution in [0.15, 0.2) is 44.5 Å². The van der Waals surface area contributed by atoms with E-state index in [2.05, 4.69) is 39.4 Å². The second kappa shape index (κ2) is 6.95. The number of hydrogen-bond acceptors (Lipinski definition) is 7. The number of hydrogen-bond donors (Lipinski definition) is 0. The van der Waals surface area contributed by atoms with Crippen LogP contribution in [-0.4, -0.2) is 20.3 Å². The van der Waals surface area contributed by atoms with Crippen molar-refractivity contribution in [2.45, 2.75) is 43.6 Å². The number of thioether (sulfide) groups is 1. The third kappa shape index (κ3) is 3.98. The average molecular weight is 330 g/mol. The van der Waals surface area contributed by atoms with E-state index in [1.807, 2.05) is 25.1 Å². The second-order valence-electron chi connectivity index (χ2n) is 5.42. The zero-order valence-corrected chi connectivity index (χ0v) is 14.1. The lowest BCUT2D eigenvalue weighted by molar-refractivity contribution is 0.373. The molecule has 0 N–H and O–H groups in total. The Labute approximate surface area is 138 Å². The van der Waals surface area contributed by atoms with Gasteiger partial charge in [-0.1, -0.05) is 54.2 Å². The minimum atomic E-state index is -0.0314. The molecule has 0 radical (unpaired) electrons. The Balaban J connectivity index is 1.62. The highest BCUT2D eigenvalue weighted by Gasteiger charge is 2.19. The molecule has 0 aliphatic rings. The molecule has 7 heteroatoms. The first-order valence-corrected chi connectivity index (χ1v) is 8.34. The predicted molar refractivity (Wildman–Crippen MR) is 86.2 cm³/mol. The highest BCUT2D eigenvalue weighted by atomic mass is 32.2. The molecule has 0 aliphatic heterocycles. The molecule has 2 heterocycles. The summed E-state index contributed by atoms with van der Waals surface area (Å²) in [5.41, 5.74) is 1.26. The highest BCUT2D eigenvalue weighted by Crippen LogP contribution is 2.33. The Morgan fingerprint density at radius 1 is 1.13 bits per heavy atom. The third-order valence-corrected chi connectivity index (χ3v) is 4.39. The van der Waals surface area contributed by atoms with Gasteiger partial charge in [0, 0.05) is 6.42 Å². The van der Waals surface area contributed by atoms with Gasteiger partial charge in [0.15, 0.2) is 5.82 Å². The summed E-state index contributed by atoms with van der Waals surface area (Å²) >= 11 is 1.42. The Kier molecular flexibility index (Phi) is 4.76. The predicted octanol–water partition coefficient (Wildman–Crippen LogP) is 3.96. The number of nitrogens with zero attached hydrogens (tertiary/aromatic N) is 4. The van der Waals surface area contributed by atoms with Crippen LogP contribution in [0.1, 0.15) is 48.2 Å². The fourth-order valence-electron chi connectivity index (χ4n) is 2.21. The van der Waals surface area contributed by atoms with Crippen molar-refractivity contribution in [2.24, 2.45) is 0 Å². The first-order chi connectivity index (χ1) is 11.1. The Hall–Kier alpha value is -2.15. The molecule has 3 aromatic rings. The van der Waals surface area contributed by atoms with Crippen molar-refractivity contribution in [3.63, 3.8) is 0 Å². The van der Waals surface area contributed by atoms with Crippen LogP contribution in [-0.2, 0) is 6.42 Å². The number of benzene rings is 1. The van der Waals surface area contributed by atoms with Crippen LogP contribution in [0.5, 0.6) is 0 Å². The van der Waals surface area contributed by atoms with Crippen LogP contribution in [0.3, 0.4) is 0 Å². The Bertz CT molecular complexity index is 756. The van der Waals surface area contributed by atoms with Crippen LogP contribution in [0.25, 0.3) is 0 Å². The summed E-state index contributed by atoms with van der Waals surface area (Å²) in [6.07, 6.45) is 0.714. The molecule has 0 amide bonds. The highest BCUT2D eigenvalue weighted by molar-refractivity contribution is 7.99. The molecular weight excluding hydrogens is 312 g/mol. The molecule has 0 saturated heterocycles. The minimum absolute atomic E-state index is 0.0314. The normalized spacial score (nSPS) is 13.9. The summed E-state index contributed by atoms with van der Waals surface area (Å²) in [7, 11) is 0. The maximum atomic E-state index is 5.73. The molecule has 2 atom stereocenters. The van der Waals surface area contributed by atoms with Crippen molar-refractivity contribution in [1.82, 2.24) is 20.3 Å². The molecular formula is C16H18N4O2S. The van der Waals surface area contributed by atoms with Gasteiger partial charge in [-0.2, -0.15) is 4.98 Å². The molecule has 120 valence electrons. The van der Waals surface area contributed by atoms with E-state index >= 15 is 0 Å². The van der Waals surface area contributed by atoms with Crippen LogP contribution >= 0.6 is 11.8 Å². The molecule has 0 aliphatic carbocycles. The van der Waals surface area contributed by atoms with Crippen LogP contribution in [0, 0.1) is 6.92 Å². The first-order valence-electron chi connectivity index (χ1n) is 7.46. The molecule has 23 heavy (non-hydrogen) atoms. The van der Waals surface area contributed by atoms with Crippen molar-refractivity contribution in [3.8, 4) is 0 Å². The van der Waals surface area contributed by atoms with Gasteiger partial charge in [-0.25, -0.2) is 0 Å². The molecule has 6 nitrogen and oxygen atoms in total. The lowest BCUT2D eigenvalue weighted by Gasteiger charge is -2.08. The van der Waals surface area contributed by atoms with E-state index in [9.17, 15) is 0 Å². The van der Waals surface area contributed by atoms with Crippen LogP contribution < -0.4 is 0 Å². The SMILES string of the molecule is Cc1noc(C(C)Sc2nnc(CC(C)c3ccccc3)o2)n1. The maximum absolute atomic E-state index is 5.73. The van der Waals surface area contributed by atoms with Gasteiger partial charge in [-0.05, 0) is 25.3 Å². The second-order valence-corrected chi connectivity index (χ2v) is 6.71. The summed E-state index contributed by atoms with van der Waals surface area (Å²) in [4.78, 5) is 4.21. The fourth-order valence-corrected chi connectivity index (χ4v) is 2.94. The van der Waals surface area contributed by atoms with Gasteiger partial charge in [0.1, 0.15) is 0 Å². The van der Waals surface area contributed by atoms with Crippen LogP contribution in [0.4, 0.5) is 0 Å². The lowest BCUT2D eigenvalue weighted by atomic mass is 9.98. The van der Waals surface area contributed by atoms with E-state index in [1.165, 1.54) is 17.3 Å². The summed E-state index contributed by atoms with van der Waals surface area (Å²) in [6.45, 7) is 5.91. The lowest BCUT2D eigenvalue weighted by Crippen LogP contribution is -1.98. The van der Waals surface area contributed by atoms with E-state index in [-0.39, 0.29) is 5.25 Å². The van der Waals surface area contributed by atoms with E-state index < -0.39 is 0 Å². The third-order valence-electron chi connectivity index (χ3n) is 3.47. The first kappa shape index (κ1) is 15.7. The number of aromatic nitrogens is 4. The minimum Gasteiger partial charge on any atom is -0.416 e. The molecule has 1 aromatic carbocycles.